The average Bonchev–Trinajstić information content (AvgIpc) is 2.58. The third-order valence-electron chi connectivity index (χ3n) is 6.90. The van der Waals surface area contributed by atoms with Gasteiger partial charge in [0.05, 0.1) is 0 Å². The molecule has 0 bridgehead atoms. The molecule has 1 nitrogen and oxygen atoms in total. The van der Waals surface area contributed by atoms with Crippen molar-refractivity contribution in [1.29, 1.82) is 0 Å². The molecule has 1 aliphatic carbocycles. The van der Waals surface area contributed by atoms with E-state index in [1.807, 2.05) is 0 Å². The van der Waals surface area contributed by atoms with E-state index >= 15 is 0 Å². The molecule has 0 aromatic carbocycles. The van der Waals surface area contributed by atoms with E-state index in [4.69, 9.17) is 5.73 Å². The van der Waals surface area contributed by atoms with Gasteiger partial charge in [0.15, 0.2) is 0 Å². The first-order valence-corrected chi connectivity index (χ1v) is 11.7. The fourth-order valence-corrected chi connectivity index (χ4v) is 6.32. The van der Waals surface area contributed by atoms with Crippen molar-refractivity contribution in [2.75, 3.05) is 6.54 Å². The predicted octanol–water partition coefficient (Wildman–Crippen LogP) is 6.65. The number of rotatable bonds is 12. The molecule has 7 unspecified atom stereocenters. The normalized spacial score (nSPS) is 32.0. The monoisotopic (exact) mass is 355 g/mol. The molecule has 24 heavy (non-hydrogen) atoms. The van der Waals surface area contributed by atoms with Crippen molar-refractivity contribution < 1.29 is 0 Å². The van der Waals surface area contributed by atoms with E-state index in [0.29, 0.717) is 0 Å². The van der Waals surface area contributed by atoms with Gasteiger partial charge in [0.2, 0.25) is 0 Å². The van der Waals surface area contributed by atoms with Gasteiger partial charge in [-0.05, 0) is 54.6 Å². The van der Waals surface area contributed by atoms with Gasteiger partial charge < -0.3 is 5.73 Å². The van der Waals surface area contributed by atoms with E-state index in [1.54, 1.807) is 0 Å². The van der Waals surface area contributed by atoms with Crippen molar-refractivity contribution in [2.24, 2.45) is 35.3 Å². The summed E-state index contributed by atoms with van der Waals surface area (Å²) in [6.07, 6.45) is 15.4. The van der Waals surface area contributed by atoms with Gasteiger partial charge >= 0.3 is 0 Å². The molecule has 144 valence electrons. The molecule has 1 rings (SSSR count). The van der Waals surface area contributed by atoms with Crippen LogP contribution in [0.3, 0.4) is 0 Å². The number of hydrogen-bond donors (Lipinski definition) is 1. The summed E-state index contributed by atoms with van der Waals surface area (Å²) in [4.78, 5) is 0. The van der Waals surface area contributed by atoms with Crippen molar-refractivity contribution in [3.05, 3.63) is 0 Å². The summed E-state index contributed by atoms with van der Waals surface area (Å²) in [5, 5.41) is 0. The van der Waals surface area contributed by atoms with Crippen molar-refractivity contribution in [2.45, 2.75) is 104 Å². The highest BCUT2D eigenvalue weighted by Crippen LogP contribution is 2.48. The third-order valence-corrected chi connectivity index (χ3v) is 7.89. The molecule has 1 aliphatic rings. The van der Waals surface area contributed by atoms with Crippen molar-refractivity contribution >= 4 is 9.24 Å². The Labute approximate surface area is 155 Å². The maximum absolute atomic E-state index is 5.98. The molecule has 7 atom stereocenters. The molecule has 2 N–H and O–H groups in total. The Balaban J connectivity index is 2.54. The minimum Gasteiger partial charge on any atom is -0.330 e. The molecule has 2 heteroatoms. The first kappa shape index (κ1) is 22.4. The third kappa shape index (κ3) is 6.95. The van der Waals surface area contributed by atoms with Gasteiger partial charge in [-0.2, -0.15) is 0 Å². The molecule has 0 aromatic heterocycles. The van der Waals surface area contributed by atoms with Crippen LogP contribution >= 0.6 is 9.24 Å². The van der Waals surface area contributed by atoms with Crippen LogP contribution in [-0.2, 0) is 0 Å². The minimum absolute atomic E-state index is 0.800. The Morgan fingerprint density at radius 1 is 0.958 bits per heavy atom. The van der Waals surface area contributed by atoms with Crippen LogP contribution in [0.15, 0.2) is 0 Å². The van der Waals surface area contributed by atoms with E-state index in [-0.39, 0.29) is 0 Å². The molecule has 1 saturated carbocycles. The van der Waals surface area contributed by atoms with E-state index in [0.717, 1.165) is 41.8 Å². The molecule has 0 aromatic rings. The summed E-state index contributed by atoms with van der Waals surface area (Å²) in [5.74, 6) is 4.57. The number of hydrogen-bond acceptors (Lipinski definition) is 1. The van der Waals surface area contributed by atoms with Gasteiger partial charge in [-0.25, -0.2) is 0 Å². The van der Waals surface area contributed by atoms with Crippen molar-refractivity contribution in [3.8, 4) is 0 Å². The van der Waals surface area contributed by atoms with Crippen molar-refractivity contribution in [1.82, 2.24) is 0 Å². The molecule has 0 heterocycles. The fourth-order valence-electron chi connectivity index (χ4n) is 5.23. The van der Waals surface area contributed by atoms with Crippen molar-refractivity contribution in [3.63, 3.8) is 0 Å². The van der Waals surface area contributed by atoms with Crippen LogP contribution < -0.4 is 5.73 Å². The maximum atomic E-state index is 5.98. The first-order chi connectivity index (χ1) is 11.6. The zero-order valence-electron chi connectivity index (χ0n) is 17.1. The van der Waals surface area contributed by atoms with E-state index < -0.39 is 0 Å². The van der Waals surface area contributed by atoms with Crippen LogP contribution in [0.4, 0.5) is 0 Å². The van der Waals surface area contributed by atoms with Gasteiger partial charge in [0.25, 0.3) is 0 Å². The summed E-state index contributed by atoms with van der Waals surface area (Å²) < 4.78 is 0. The van der Waals surface area contributed by atoms with Crippen LogP contribution in [0, 0.1) is 29.6 Å². The van der Waals surface area contributed by atoms with Gasteiger partial charge in [-0.15, -0.1) is 9.24 Å². The number of unbranched alkanes of at least 4 members (excludes halogenated alkanes) is 2. The lowest BCUT2D eigenvalue weighted by atomic mass is 9.63. The fraction of sp³-hybridized carbons (Fsp3) is 1.00. The first-order valence-electron chi connectivity index (χ1n) is 11.0. The van der Waals surface area contributed by atoms with Gasteiger partial charge in [-0.1, -0.05) is 85.5 Å². The molecule has 0 saturated heterocycles. The van der Waals surface area contributed by atoms with Gasteiger partial charge in [-0.3, -0.25) is 0 Å². The Hall–Kier alpha value is 0.390. The maximum Gasteiger partial charge on any atom is -0.00743 e. The molecule has 0 aliphatic heterocycles. The summed E-state index contributed by atoms with van der Waals surface area (Å²) in [6.45, 7) is 10.4. The molecule has 0 amide bonds. The molecule has 1 fully saturated rings. The molecule has 0 radical (unpaired) electrons. The van der Waals surface area contributed by atoms with Crippen LogP contribution in [0.2, 0.25) is 0 Å². The van der Waals surface area contributed by atoms with E-state index in [1.165, 1.54) is 70.6 Å². The lowest BCUT2D eigenvalue weighted by Crippen LogP contribution is -2.41. The highest BCUT2D eigenvalue weighted by molar-refractivity contribution is 7.17. The predicted molar refractivity (Wildman–Crippen MR) is 113 cm³/mol. The van der Waals surface area contributed by atoms with Crippen LogP contribution in [-0.4, -0.2) is 12.2 Å². The highest BCUT2D eigenvalue weighted by Gasteiger charge is 2.40. The topological polar surface area (TPSA) is 26.0 Å². The summed E-state index contributed by atoms with van der Waals surface area (Å²) >= 11 is 0. The average molecular weight is 356 g/mol. The lowest BCUT2D eigenvalue weighted by molar-refractivity contribution is 0.0979. The van der Waals surface area contributed by atoms with E-state index in [9.17, 15) is 0 Å². The molecular weight excluding hydrogens is 309 g/mol. The lowest BCUT2D eigenvalue weighted by Gasteiger charge is -2.46. The summed E-state index contributed by atoms with van der Waals surface area (Å²) in [6, 6.07) is 0. The van der Waals surface area contributed by atoms with Crippen LogP contribution in [0.1, 0.15) is 98.3 Å². The quantitative estimate of drug-likeness (QED) is 0.307. The molecular formula is C22H46NP. The smallest absolute Gasteiger partial charge is 0.00743 e. The Kier molecular flexibility index (Phi) is 11.9. The van der Waals surface area contributed by atoms with E-state index in [2.05, 4.69) is 36.9 Å². The second kappa shape index (κ2) is 12.7. The Bertz CT molecular complexity index is 306. The largest absolute Gasteiger partial charge is 0.330 e. The van der Waals surface area contributed by atoms with Crippen LogP contribution in [0.5, 0.6) is 0 Å². The summed E-state index contributed by atoms with van der Waals surface area (Å²) in [7, 11) is 3.25. The molecule has 0 spiro atoms. The number of nitrogens with two attached hydrogens (primary N) is 1. The second-order valence-electron chi connectivity index (χ2n) is 8.59. The zero-order chi connectivity index (χ0) is 17.9. The van der Waals surface area contributed by atoms with Gasteiger partial charge in [0.1, 0.15) is 0 Å². The highest BCUT2D eigenvalue weighted by atomic mass is 31.0. The second-order valence-corrected chi connectivity index (χ2v) is 9.36. The minimum atomic E-state index is 0.800. The Morgan fingerprint density at radius 2 is 1.67 bits per heavy atom. The SMILES string of the molecule is CCCC1CC(CCCCCC(C)CC)C(CCN)C(P)C1CC. The van der Waals surface area contributed by atoms with Crippen LogP contribution in [0.25, 0.3) is 0 Å². The van der Waals surface area contributed by atoms with Gasteiger partial charge in [0, 0.05) is 0 Å². The Morgan fingerprint density at radius 3 is 2.25 bits per heavy atom. The summed E-state index contributed by atoms with van der Waals surface area (Å²) in [5.41, 5.74) is 6.78. The standard InChI is InChI=1S/C22H46NP/c1-5-11-18-16-19(13-10-8-9-12-17(4)6-2)21(14-15-23)22(24)20(18)7-3/h17-22H,5-16,23-24H2,1-4H3. The zero-order valence-corrected chi connectivity index (χ0v) is 18.3.